The van der Waals surface area contributed by atoms with Crippen LogP contribution in [0.4, 0.5) is 5.69 Å². The molecular formula is C16H23ClN2O4. The highest BCUT2D eigenvalue weighted by Crippen LogP contribution is 2.32. The number of benzene rings is 1. The highest BCUT2D eigenvalue weighted by molar-refractivity contribution is 6.02. The van der Waals surface area contributed by atoms with Crippen LogP contribution in [0.15, 0.2) is 18.2 Å². The third-order valence-corrected chi connectivity index (χ3v) is 4.19. The van der Waals surface area contributed by atoms with Gasteiger partial charge in [-0.05, 0) is 43.5 Å². The average molecular weight is 343 g/mol. The van der Waals surface area contributed by atoms with E-state index in [2.05, 4.69) is 5.32 Å². The molecule has 0 aromatic heterocycles. The molecule has 3 N–H and O–H groups in total. The number of hydrogen-bond donors (Lipinski definition) is 2. The summed E-state index contributed by atoms with van der Waals surface area (Å²) in [6.45, 7) is 0.505. The van der Waals surface area contributed by atoms with Gasteiger partial charge < -0.3 is 20.5 Å². The van der Waals surface area contributed by atoms with Gasteiger partial charge in [-0.15, -0.1) is 12.4 Å². The molecule has 0 saturated heterocycles. The van der Waals surface area contributed by atoms with Crippen LogP contribution in [0.5, 0.6) is 5.75 Å². The molecule has 1 aromatic rings. The van der Waals surface area contributed by atoms with Gasteiger partial charge in [0, 0.05) is 5.92 Å². The first-order valence-corrected chi connectivity index (χ1v) is 7.38. The average Bonchev–Trinajstić information content (AvgIpc) is 3.03. The smallest absolute Gasteiger partial charge is 0.340 e. The quantitative estimate of drug-likeness (QED) is 0.801. The lowest BCUT2D eigenvalue weighted by Crippen LogP contribution is -2.30. The van der Waals surface area contributed by atoms with Crippen molar-refractivity contribution in [1.82, 2.24) is 0 Å². The number of carbonyl (C=O) groups is 2. The zero-order valence-corrected chi connectivity index (χ0v) is 14.2. The molecular weight excluding hydrogens is 320 g/mol. The van der Waals surface area contributed by atoms with Gasteiger partial charge in [-0.1, -0.05) is 6.42 Å². The van der Waals surface area contributed by atoms with Crippen LogP contribution in [-0.2, 0) is 9.53 Å². The second-order valence-corrected chi connectivity index (χ2v) is 5.43. The van der Waals surface area contributed by atoms with Crippen molar-refractivity contribution < 1.29 is 19.1 Å². The Bertz CT molecular complexity index is 565. The van der Waals surface area contributed by atoms with E-state index in [-0.39, 0.29) is 35.7 Å². The van der Waals surface area contributed by atoms with Gasteiger partial charge in [0.2, 0.25) is 5.91 Å². The van der Waals surface area contributed by atoms with Crippen molar-refractivity contribution in [3.05, 3.63) is 23.8 Å². The molecule has 0 bridgehead atoms. The molecule has 2 rings (SSSR count). The highest BCUT2D eigenvalue weighted by Gasteiger charge is 2.32. The number of ether oxygens (including phenoxy) is 2. The number of amides is 1. The van der Waals surface area contributed by atoms with Crippen molar-refractivity contribution in [3.63, 3.8) is 0 Å². The van der Waals surface area contributed by atoms with Gasteiger partial charge in [-0.25, -0.2) is 4.79 Å². The second kappa shape index (κ2) is 8.74. The van der Waals surface area contributed by atoms with E-state index in [1.165, 1.54) is 14.2 Å². The molecule has 1 aromatic carbocycles. The molecule has 23 heavy (non-hydrogen) atoms. The van der Waals surface area contributed by atoms with Gasteiger partial charge in [-0.2, -0.15) is 0 Å². The van der Waals surface area contributed by atoms with E-state index in [0.717, 1.165) is 19.3 Å². The van der Waals surface area contributed by atoms with Gasteiger partial charge in [0.05, 0.1) is 25.5 Å². The van der Waals surface area contributed by atoms with Gasteiger partial charge in [0.25, 0.3) is 0 Å². The summed E-state index contributed by atoms with van der Waals surface area (Å²) in [5.74, 6) is 0.0239. The van der Waals surface area contributed by atoms with Crippen molar-refractivity contribution >= 4 is 30.0 Å². The summed E-state index contributed by atoms with van der Waals surface area (Å²) < 4.78 is 9.87. The molecule has 0 unspecified atom stereocenters. The second-order valence-electron chi connectivity index (χ2n) is 5.43. The van der Waals surface area contributed by atoms with E-state index in [0.29, 0.717) is 18.0 Å². The first-order chi connectivity index (χ1) is 10.6. The Kier molecular flexibility index (Phi) is 7.32. The van der Waals surface area contributed by atoms with Crippen LogP contribution >= 0.6 is 12.4 Å². The Hall–Kier alpha value is -1.79. The molecule has 7 heteroatoms. The molecule has 0 heterocycles. The molecule has 6 nitrogen and oxygen atoms in total. The highest BCUT2D eigenvalue weighted by atomic mass is 35.5. The van der Waals surface area contributed by atoms with Gasteiger partial charge in [0.15, 0.2) is 0 Å². The van der Waals surface area contributed by atoms with Gasteiger partial charge in [-0.3, -0.25) is 4.79 Å². The summed E-state index contributed by atoms with van der Waals surface area (Å²) in [6.07, 6.45) is 2.81. The summed E-state index contributed by atoms with van der Waals surface area (Å²) in [4.78, 5) is 24.3. The van der Waals surface area contributed by atoms with Crippen LogP contribution in [0, 0.1) is 11.8 Å². The third kappa shape index (κ3) is 4.36. The van der Waals surface area contributed by atoms with E-state index in [4.69, 9.17) is 15.2 Å². The summed E-state index contributed by atoms with van der Waals surface area (Å²) in [7, 11) is 2.81. The van der Waals surface area contributed by atoms with Crippen LogP contribution < -0.4 is 15.8 Å². The molecule has 1 aliphatic rings. The first-order valence-electron chi connectivity index (χ1n) is 7.38. The van der Waals surface area contributed by atoms with Crippen molar-refractivity contribution in [2.75, 3.05) is 26.1 Å². The lowest BCUT2D eigenvalue weighted by molar-refractivity contribution is -0.120. The Morgan fingerprint density at radius 2 is 2.04 bits per heavy atom. The maximum absolute atomic E-state index is 12.5. The minimum Gasteiger partial charge on any atom is -0.497 e. The largest absolute Gasteiger partial charge is 0.497 e. The zero-order chi connectivity index (χ0) is 16.1. The van der Waals surface area contributed by atoms with E-state index < -0.39 is 5.97 Å². The molecule has 1 saturated carbocycles. The molecule has 2 atom stereocenters. The first kappa shape index (κ1) is 19.3. The monoisotopic (exact) mass is 342 g/mol. The third-order valence-electron chi connectivity index (χ3n) is 4.19. The predicted molar refractivity (Wildman–Crippen MR) is 90.1 cm³/mol. The number of anilines is 1. The van der Waals surface area contributed by atoms with E-state index >= 15 is 0 Å². The number of hydrogen-bond acceptors (Lipinski definition) is 5. The van der Waals surface area contributed by atoms with Gasteiger partial charge >= 0.3 is 5.97 Å². The fourth-order valence-electron chi connectivity index (χ4n) is 2.93. The number of rotatable bonds is 5. The van der Waals surface area contributed by atoms with Crippen LogP contribution in [0.2, 0.25) is 0 Å². The van der Waals surface area contributed by atoms with Crippen LogP contribution in [0.1, 0.15) is 29.6 Å². The normalized spacial score (nSPS) is 19.6. The topological polar surface area (TPSA) is 90.6 Å². The summed E-state index contributed by atoms with van der Waals surface area (Å²) in [6, 6.07) is 4.89. The Labute approximate surface area is 142 Å². The Morgan fingerprint density at radius 1 is 1.30 bits per heavy atom. The lowest BCUT2D eigenvalue weighted by atomic mass is 9.95. The minimum absolute atomic E-state index is 0. The maximum Gasteiger partial charge on any atom is 0.340 e. The SMILES string of the molecule is COC(=O)c1cc(OC)ccc1NC(=O)[C@@H]1CCC[C@@H]1CN.Cl. The van der Waals surface area contributed by atoms with Crippen molar-refractivity contribution in [2.24, 2.45) is 17.6 Å². The van der Waals surface area contributed by atoms with Crippen molar-refractivity contribution in [1.29, 1.82) is 0 Å². The molecule has 1 fully saturated rings. The summed E-state index contributed by atoms with van der Waals surface area (Å²) >= 11 is 0. The fourth-order valence-corrected chi connectivity index (χ4v) is 2.93. The van der Waals surface area contributed by atoms with Crippen LogP contribution in [0.25, 0.3) is 0 Å². The van der Waals surface area contributed by atoms with Crippen molar-refractivity contribution in [3.8, 4) is 5.75 Å². The molecule has 0 aliphatic heterocycles. The zero-order valence-electron chi connectivity index (χ0n) is 13.3. The molecule has 0 radical (unpaired) electrons. The Balaban J connectivity index is 0.00000264. The lowest BCUT2D eigenvalue weighted by Gasteiger charge is -2.18. The van der Waals surface area contributed by atoms with E-state index in [9.17, 15) is 9.59 Å². The molecule has 1 aliphatic carbocycles. The minimum atomic E-state index is -0.518. The number of methoxy groups -OCH3 is 2. The summed E-state index contributed by atoms with van der Waals surface area (Å²) in [5.41, 5.74) is 6.43. The van der Waals surface area contributed by atoms with Gasteiger partial charge in [0.1, 0.15) is 5.75 Å². The maximum atomic E-state index is 12.5. The molecule has 128 valence electrons. The molecule has 0 spiro atoms. The number of halogens is 1. The van der Waals surface area contributed by atoms with Crippen LogP contribution in [0.3, 0.4) is 0 Å². The number of nitrogens with one attached hydrogen (secondary N) is 1. The number of carbonyl (C=O) groups excluding carboxylic acids is 2. The summed E-state index contributed by atoms with van der Waals surface area (Å²) in [5, 5.41) is 2.83. The fraction of sp³-hybridized carbons (Fsp3) is 0.500. The van der Waals surface area contributed by atoms with Crippen molar-refractivity contribution in [2.45, 2.75) is 19.3 Å². The Morgan fingerprint density at radius 3 is 2.65 bits per heavy atom. The predicted octanol–water partition coefficient (Wildman–Crippen LogP) is 2.22. The van der Waals surface area contributed by atoms with E-state index in [1.54, 1.807) is 18.2 Å². The standard InChI is InChI=1S/C16H22N2O4.ClH/c1-21-11-6-7-14(13(8-11)16(20)22-2)18-15(19)12-5-3-4-10(12)9-17;/h6-8,10,12H,3-5,9,17H2,1-2H3,(H,18,19);1H/t10-,12-;/m1./s1. The number of esters is 1. The van der Waals surface area contributed by atoms with E-state index in [1.807, 2.05) is 0 Å². The van der Waals surface area contributed by atoms with Crippen LogP contribution in [-0.4, -0.2) is 32.6 Å². The molecule has 1 amide bonds. The number of nitrogens with two attached hydrogens (primary N) is 1.